The lowest BCUT2D eigenvalue weighted by atomic mass is 10.4. The minimum Gasteiger partial charge on any atom is -0.391 e. The van der Waals surface area contributed by atoms with Crippen LogP contribution in [-0.4, -0.2) is 22.8 Å². The smallest absolute Gasteiger partial charge is 0.391 e. The van der Waals surface area contributed by atoms with Crippen molar-refractivity contribution in [3.05, 3.63) is 58.6 Å². The SMILES string of the molecule is CO[Si](OC)(c1ccc(Cl)cc1)c1ccc(Cl)cc1. The fraction of sp³-hybridized carbons (Fsp3) is 0.143. The van der Waals surface area contributed by atoms with E-state index in [2.05, 4.69) is 0 Å². The molecule has 0 unspecified atom stereocenters. The molecule has 2 aromatic carbocycles. The maximum absolute atomic E-state index is 5.93. The summed E-state index contributed by atoms with van der Waals surface area (Å²) in [6.45, 7) is 0. The van der Waals surface area contributed by atoms with E-state index in [0.717, 1.165) is 10.4 Å². The van der Waals surface area contributed by atoms with Crippen LogP contribution in [0.3, 0.4) is 0 Å². The van der Waals surface area contributed by atoms with Gasteiger partial charge in [-0.25, -0.2) is 0 Å². The van der Waals surface area contributed by atoms with Gasteiger partial charge in [-0.3, -0.25) is 0 Å². The zero-order valence-corrected chi connectivity index (χ0v) is 13.2. The highest BCUT2D eigenvalue weighted by Gasteiger charge is 2.40. The summed E-state index contributed by atoms with van der Waals surface area (Å²) >= 11 is 11.9. The molecule has 0 aliphatic heterocycles. The Kier molecular flexibility index (Phi) is 4.65. The summed E-state index contributed by atoms with van der Waals surface area (Å²) < 4.78 is 11.5. The molecule has 2 nitrogen and oxygen atoms in total. The molecule has 0 fully saturated rings. The molecule has 2 aromatic rings. The van der Waals surface area contributed by atoms with Crippen molar-refractivity contribution in [1.82, 2.24) is 0 Å². The molecular weight excluding hydrogens is 299 g/mol. The van der Waals surface area contributed by atoms with Gasteiger partial charge in [-0.15, -0.1) is 0 Å². The Bertz CT molecular complexity index is 489. The quantitative estimate of drug-likeness (QED) is 0.808. The van der Waals surface area contributed by atoms with Crippen LogP contribution in [0.5, 0.6) is 0 Å². The van der Waals surface area contributed by atoms with Gasteiger partial charge in [0.1, 0.15) is 0 Å². The first kappa shape index (κ1) is 14.6. The summed E-state index contributed by atoms with van der Waals surface area (Å²) in [6.07, 6.45) is 0. The molecule has 0 radical (unpaired) electrons. The average Bonchev–Trinajstić information content (AvgIpc) is 2.44. The zero-order valence-electron chi connectivity index (χ0n) is 10.7. The van der Waals surface area contributed by atoms with Crippen LogP contribution >= 0.6 is 23.2 Å². The zero-order chi connectivity index (χ0) is 13.9. The molecular formula is C14H14Cl2O2Si. The average molecular weight is 313 g/mol. The molecule has 0 saturated heterocycles. The van der Waals surface area contributed by atoms with Crippen LogP contribution in [-0.2, 0) is 8.85 Å². The Balaban J connectivity index is 2.53. The Morgan fingerprint density at radius 1 is 0.684 bits per heavy atom. The van der Waals surface area contributed by atoms with Gasteiger partial charge >= 0.3 is 8.56 Å². The van der Waals surface area contributed by atoms with Crippen LogP contribution in [0, 0.1) is 0 Å². The Labute approximate surface area is 124 Å². The molecule has 0 aliphatic rings. The lowest BCUT2D eigenvalue weighted by molar-refractivity contribution is 0.272. The van der Waals surface area contributed by atoms with Crippen LogP contribution in [0.2, 0.25) is 10.0 Å². The van der Waals surface area contributed by atoms with Gasteiger partial charge in [-0.05, 0) is 34.6 Å². The highest BCUT2D eigenvalue weighted by atomic mass is 35.5. The molecule has 5 heteroatoms. The summed E-state index contributed by atoms with van der Waals surface area (Å²) in [5.74, 6) is 0. The van der Waals surface area contributed by atoms with E-state index in [0.29, 0.717) is 10.0 Å². The van der Waals surface area contributed by atoms with Crippen LogP contribution in [0.15, 0.2) is 48.5 Å². The first-order valence-electron chi connectivity index (χ1n) is 5.75. The molecule has 0 N–H and O–H groups in total. The summed E-state index contributed by atoms with van der Waals surface area (Å²) in [5, 5.41) is 3.39. The number of hydrogen-bond acceptors (Lipinski definition) is 2. The van der Waals surface area contributed by atoms with Crippen molar-refractivity contribution in [3.63, 3.8) is 0 Å². The van der Waals surface area contributed by atoms with Gasteiger partial charge in [0.2, 0.25) is 0 Å². The van der Waals surface area contributed by atoms with Crippen molar-refractivity contribution in [3.8, 4) is 0 Å². The number of halogens is 2. The molecule has 0 saturated carbocycles. The third kappa shape index (κ3) is 2.85. The molecule has 0 atom stereocenters. The predicted octanol–water partition coefficient (Wildman–Crippen LogP) is 2.84. The van der Waals surface area contributed by atoms with Crippen molar-refractivity contribution in [2.45, 2.75) is 0 Å². The fourth-order valence-corrected chi connectivity index (χ4v) is 4.97. The Morgan fingerprint density at radius 2 is 1.00 bits per heavy atom. The molecule has 100 valence electrons. The maximum Gasteiger partial charge on any atom is 0.406 e. The summed E-state index contributed by atoms with van der Waals surface area (Å²) in [7, 11) is 0.672. The molecule has 0 aliphatic carbocycles. The summed E-state index contributed by atoms with van der Waals surface area (Å²) in [4.78, 5) is 0. The van der Waals surface area contributed by atoms with E-state index < -0.39 is 8.56 Å². The monoisotopic (exact) mass is 312 g/mol. The van der Waals surface area contributed by atoms with Gasteiger partial charge in [0.05, 0.1) is 0 Å². The van der Waals surface area contributed by atoms with Crippen LogP contribution < -0.4 is 10.4 Å². The molecule has 0 heterocycles. The van der Waals surface area contributed by atoms with Crippen molar-refractivity contribution in [2.75, 3.05) is 14.2 Å². The molecule has 0 aromatic heterocycles. The minimum atomic E-state index is -2.66. The largest absolute Gasteiger partial charge is 0.406 e. The van der Waals surface area contributed by atoms with E-state index >= 15 is 0 Å². The minimum absolute atomic E-state index is 0.690. The van der Waals surface area contributed by atoms with Gasteiger partial charge < -0.3 is 8.85 Å². The van der Waals surface area contributed by atoms with E-state index in [9.17, 15) is 0 Å². The van der Waals surface area contributed by atoms with E-state index in [1.807, 2.05) is 48.5 Å². The van der Waals surface area contributed by atoms with Gasteiger partial charge in [-0.1, -0.05) is 47.5 Å². The number of benzene rings is 2. The lowest BCUT2D eigenvalue weighted by Crippen LogP contribution is -2.62. The molecule has 0 bridgehead atoms. The molecule has 19 heavy (non-hydrogen) atoms. The summed E-state index contributed by atoms with van der Waals surface area (Å²) in [5.41, 5.74) is 0. The second kappa shape index (κ2) is 6.07. The Morgan fingerprint density at radius 3 is 1.26 bits per heavy atom. The summed E-state index contributed by atoms with van der Waals surface area (Å²) in [6, 6.07) is 15.1. The second-order valence-electron chi connectivity index (χ2n) is 4.04. The van der Waals surface area contributed by atoms with Crippen LogP contribution in [0.25, 0.3) is 0 Å². The lowest BCUT2D eigenvalue weighted by Gasteiger charge is -2.28. The molecule has 0 spiro atoms. The fourth-order valence-electron chi connectivity index (χ4n) is 2.06. The van der Waals surface area contributed by atoms with Crippen molar-refractivity contribution in [2.24, 2.45) is 0 Å². The van der Waals surface area contributed by atoms with Crippen molar-refractivity contribution in [1.29, 1.82) is 0 Å². The topological polar surface area (TPSA) is 18.5 Å². The van der Waals surface area contributed by atoms with Gasteiger partial charge in [0.25, 0.3) is 0 Å². The van der Waals surface area contributed by atoms with Crippen LogP contribution in [0.4, 0.5) is 0 Å². The van der Waals surface area contributed by atoms with Crippen molar-refractivity contribution < 1.29 is 8.85 Å². The van der Waals surface area contributed by atoms with Gasteiger partial charge in [0.15, 0.2) is 0 Å². The third-order valence-electron chi connectivity index (χ3n) is 3.02. The Hall–Kier alpha value is -0.843. The van der Waals surface area contributed by atoms with Gasteiger partial charge in [-0.2, -0.15) is 0 Å². The van der Waals surface area contributed by atoms with E-state index in [4.69, 9.17) is 32.1 Å². The number of rotatable bonds is 4. The first-order chi connectivity index (χ1) is 9.12. The normalized spacial score (nSPS) is 11.6. The van der Waals surface area contributed by atoms with Crippen molar-refractivity contribution >= 4 is 42.1 Å². The van der Waals surface area contributed by atoms with E-state index in [1.165, 1.54) is 0 Å². The van der Waals surface area contributed by atoms with E-state index in [1.54, 1.807) is 14.2 Å². The predicted molar refractivity (Wildman–Crippen MR) is 81.9 cm³/mol. The highest BCUT2D eigenvalue weighted by molar-refractivity contribution is 6.92. The second-order valence-corrected chi connectivity index (χ2v) is 8.12. The molecule has 2 rings (SSSR count). The van der Waals surface area contributed by atoms with Gasteiger partial charge in [0, 0.05) is 24.3 Å². The first-order valence-corrected chi connectivity index (χ1v) is 8.32. The molecule has 0 amide bonds. The van der Waals surface area contributed by atoms with E-state index in [-0.39, 0.29) is 0 Å². The number of hydrogen-bond donors (Lipinski definition) is 0. The standard InChI is InChI=1S/C14H14Cl2O2Si/c1-17-19(18-2,13-7-3-11(15)4-8-13)14-9-5-12(16)6-10-14/h3-10H,1-2H3. The highest BCUT2D eigenvalue weighted by Crippen LogP contribution is 2.13. The maximum atomic E-state index is 5.93. The third-order valence-corrected chi connectivity index (χ3v) is 6.86. The van der Waals surface area contributed by atoms with Crippen LogP contribution in [0.1, 0.15) is 0 Å².